The van der Waals surface area contributed by atoms with Crippen LogP contribution in [0.15, 0.2) is 12.1 Å². The van der Waals surface area contributed by atoms with Crippen LogP contribution in [0.5, 0.6) is 5.75 Å². The fourth-order valence-electron chi connectivity index (χ4n) is 1.85. The highest BCUT2D eigenvalue weighted by molar-refractivity contribution is 8.93. The number of hydrogen-bond donors (Lipinski definition) is 2. The molecule has 14 heavy (non-hydrogen) atoms. The molecule has 1 unspecified atom stereocenters. The molecule has 0 aliphatic heterocycles. The van der Waals surface area contributed by atoms with Crippen molar-refractivity contribution in [3.63, 3.8) is 0 Å². The predicted octanol–water partition coefficient (Wildman–Crippen LogP) is 2.44. The monoisotopic (exact) mass is 277 g/mol. The Balaban J connectivity index is 0.000000980. The minimum atomic E-state index is 0. The topological polar surface area (TPSA) is 46.2 Å². The SMILES string of the molecule is Br.NC1CCc2c(O)ccc(Cl)c2C1. The molecule has 0 radical (unpaired) electrons. The Kier molecular flexibility index (Phi) is 3.81. The fourth-order valence-corrected chi connectivity index (χ4v) is 2.10. The Bertz CT molecular complexity index is 343. The van der Waals surface area contributed by atoms with E-state index in [1.807, 2.05) is 0 Å². The standard InChI is InChI=1S/C10H12ClNO.BrH/c11-9-3-4-10(13)7-2-1-6(12)5-8(7)9;/h3-4,6,13H,1-2,5,12H2;1H. The average Bonchev–Trinajstić information content (AvgIpc) is 2.12. The van der Waals surface area contributed by atoms with E-state index in [1.54, 1.807) is 12.1 Å². The minimum Gasteiger partial charge on any atom is -0.508 e. The molecule has 4 heteroatoms. The number of hydrogen-bond acceptors (Lipinski definition) is 2. The van der Waals surface area contributed by atoms with Crippen LogP contribution in [0.4, 0.5) is 0 Å². The third kappa shape index (κ3) is 2.05. The number of rotatable bonds is 0. The van der Waals surface area contributed by atoms with Gasteiger partial charge in [-0.25, -0.2) is 0 Å². The number of phenolic OH excluding ortho intramolecular Hbond substituents is 1. The molecule has 1 aromatic carbocycles. The Morgan fingerprint density at radius 3 is 2.79 bits per heavy atom. The normalized spacial score (nSPS) is 19.7. The molecule has 0 bridgehead atoms. The summed E-state index contributed by atoms with van der Waals surface area (Å²) in [4.78, 5) is 0. The second kappa shape index (κ2) is 4.51. The summed E-state index contributed by atoms with van der Waals surface area (Å²) in [5.74, 6) is 0.353. The van der Waals surface area contributed by atoms with Crippen LogP contribution >= 0.6 is 28.6 Å². The van der Waals surface area contributed by atoms with Crippen molar-refractivity contribution in [3.8, 4) is 5.75 Å². The van der Waals surface area contributed by atoms with E-state index in [-0.39, 0.29) is 23.0 Å². The lowest BCUT2D eigenvalue weighted by Crippen LogP contribution is -2.28. The van der Waals surface area contributed by atoms with Gasteiger partial charge in [0.2, 0.25) is 0 Å². The van der Waals surface area contributed by atoms with Crippen molar-refractivity contribution in [2.24, 2.45) is 5.73 Å². The van der Waals surface area contributed by atoms with Crippen LogP contribution in [0.2, 0.25) is 5.02 Å². The first-order valence-corrected chi connectivity index (χ1v) is 4.81. The second-order valence-corrected chi connectivity index (χ2v) is 3.93. The van der Waals surface area contributed by atoms with E-state index in [0.717, 1.165) is 35.4 Å². The third-order valence-electron chi connectivity index (χ3n) is 2.58. The van der Waals surface area contributed by atoms with Gasteiger partial charge in [0.1, 0.15) is 5.75 Å². The molecule has 1 aliphatic rings. The largest absolute Gasteiger partial charge is 0.508 e. The summed E-state index contributed by atoms with van der Waals surface area (Å²) in [6.07, 6.45) is 2.55. The Hall–Kier alpha value is -0.250. The molecule has 2 rings (SSSR count). The summed E-state index contributed by atoms with van der Waals surface area (Å²) in [6, 6.07) is 3.57. The molecule has 0 amide bonds. The Morgan fingerprint density at radius 2 is 2.07 bits per heavy atom. The van der Waals surface area contributed by atoms with Crippen molar-refractivity contribution in [2.75, 3.05) is 0 Å². The smallest absolute Gasteiger partial charge is 0.119 e. The first kappa shape index (κ1) is 11.8. The average molecular weight is 279 g/mol. The Morgan fingerprint density at radius 1 is 1.36 bits per heavy atom. The van der Waals surface area contributed by atoms with Crippen LogP contribution < -0.4 is 5.73 Å². The van der Waals surface area contributed by atoms with E-state index in [4.69, 9.17) is 17.3 Å². The van der Waals surface area contributed by atoms with Gasteiger partial charge in [0.15, 0.2) is 0 Å². The van der Waals surface area contributed by atoms with E-state index in [1.165, 1.54) is 0 Å². The molecule has 0 saturated heterocycles. The maximum absolute atomic E-state index is 9.57. The van der Waals surface area contributed by atoms with Crippen LogP contribution in [0, 0.1) is 0 Å². The summed E-state index contributed by atoms with van der Waals surface area (Å²) < 4.78 is 0. The lowest BCUT2D eigenvalue weighted by Gasteiger charge is -2.22. The van der Waals surface area contributed by atoms with Gasteiger partial charge in [0, 0.05) is 11.1 Å². The van der Waals surface area contributed by atoms with Crippen molar-refractivity contribution in [1.82, 2.24) is 0 Å². The zero-order valence-electron chi connectivity index (χ0n) is 7.66. The molecule has 0 fully saturated rings. The van der Waals surface area contributed by atoms with Gasteiger partial charge in [-0.05, 0) is 42.5 Å². The molecule has 1 aromatic rings. The third-order valence-corrected chi connectivity index (χ3v) is 2.93. The number of nitrogens with two attached hydrogens (primary N) is 1. The summed E-state index contributed by atoms with van der Waals surface area (Å²) in [5, 5.41) is 10.3. The van der Waals surface area contributed by atoms with Crippen LogP contribution in [0.1, 0.15) is 17.5 Å². The maximum Gasteiger partial charge on any atom is 0.119 e. The molecule has 2 nitrogen and oxygen atoms in total. The van der Waals surface area contributed by atoms with Gasteiger partial charge in [-0.1, -0.05) is 11.6 Å². The van der Waals surface area contributed by atoms with Gasteiger partial charge < -0.3 is 10.8 Å². The first-order valence-electron chi connectivity index (χ1n) is 4.43. The number of halogens is 2. The van der Waals surface area contributed by atoms with Crippen LogP contribution in [-0.4, -0.2) is 11.1 Å². The number of fused-ring (bicyclic) bond motifs is 1. The number of aromatic hydroxyl groups is 1. The number of phenols is 1. The molecular weight excluding hydrogens is 265 g/mol. The first-order chi connectivity index (χ1) is 6.18. The maximum atomic E-state index is 9.57. The van der Waals surface area contributed by atoms with Crippen LogP contribution in [-0.2, 0) is 12.8 Å². The van der Waals surface area contributed by atoms with Gasteiger partial charge >= 0.3 is 0 Å². The van der Waals surface area contributed by atoms with E-state index in [0.29, 0.717) is 5.75 Å². The van der Waals surface area contributed by atoms with Crippen molar-refractivity contribution in [1.29, 1.82) is 0 Å². The molecule has 0 aromatic heterocycles. The molecule has 78 valence electrons. The molecule has 3 N–H and O–H groups in total. The molecule has 1 aliphatic carbocycles. The highest BCUT2D eigenvalue weighted by atomic mass is 79.9. The molecule has 0 saturated carbocycles. The zero-order valence-corrected chi connectivity index (χ0v) is 10.1. The zero-order chi connectivity index (χ0) is 9.42. The van der Waals surface area contributed by atoms with E-state index in [2.05, 4.69) is 0 Å². The van der Waals surface area contributed by atoms with Crippen LogP contribution in [0.3, 0.4) is 0 Å². The van der Waals surface area contributed by atoms with Gasteiger partial charge in [0.25, 0.3) is 0 Å². The summed E-state index contributed by atoms with van der Waals surface area (Å²) in [7, 11) is 0. The van der Waals surface area contributed by atoms with E-state index >= 15 is 0 Å². The van der Waals surface area contributed by atoms with Crippen LogP contribution in [0.25, 0.3) is 0 Å². The van der Waals surface area contributed by atoms with Gasteiger partial charge in [-0.3, -0.25) is 0 Å². The van der Waals surface area contributed by atoms with Gasteiger partial charge in [0.05, 0.1) is 0 Å². The molecule has 1 atom stereocenters. The number of benzene rings is 1. The second-order valence-electron chi connectivity index (χ2n) is 3.53. The highest BCUT2D eigenvalue weighted by Gasteiger charge is 2.20. The Labute approximate surface area is 98.8 Å². The van der Waals surface area contributed by atoms with Crippen molar-refractivity contribution < 1.29 is 5.11 Å². The van der Waals surface area contributed by atoms with E-state index < -0.39 is 0 Å². The summed E-state index contributed by atoms with van der Waals surface area (Å²) in [5.41, 5.74) is 7.84. The lowest BCUT2D eigenvalue weighted by molar-refractivity contribution is 0.457. The molecular formula is C10H13BrClNO. The van der Waals surface area contributed by atoms with Crippen molar-refractivity contribution in [2.45, 2.75) is 25.3 Å². The van der Waals surface area contributed by atoms with Crippen molar-refractivity contribution in [3.05, 3.63) is 28.3 Å². The fraction of sp³-hybridized carbons (Fsp3) is 0.400. The highest BCUT2D eigenvalue weighted by Crippen LogP contribution is 2.33. The summed E-state index contributed by atoms with van der Waals surface area (Å²) >= 11 is 6.01. The minimum absolute atomic E-state index is 0. The molecule has 0 heterocycles. The summed E-state index contributed by atoms with van der Waals surface area (Å²) in [6.45, 7) is 0. The molecule has 0 spiro atoms. The van der Waals surface area contributed by atoms with Gasteiger partial charge in [-0.15, -0.1) is 17.0 Å². The quantitative estimate of drug-likeness (QED) is 0.766. The lowest BCUT2D eigenvalue weighted by atomic mass is 9.88. The predicted molar refractivity (Wildman–Crippen MR) is 63.4 cm³/mol. The van der Waals surface area contributed by atoms with E-state index in [9.17, 15) is 5.11 Å². The van der Waals surface area contributed by atoms with Gasteiger partial charge in [-0.2, -0.15) is 0 Å². The van der Waals surface area contributed by atoms with Crippen molar-refractivity contribution >= 4 is 28.6 Å².